The number of thiazole rings is 1. The highest BCUT2D eigenvalue weighted by Crippen LogP contribution is 2.48. The Bertz CT molecular complexity index is 958. The first kappa shape index (κ1) is 16.6. The van der Waals surface area contributed by atoms with Crippen molar-refractivity contribution in [1.29, 1.82) is 0 Å². The number of carbonyl (C=O) groups excluding carboxylic acids is 1. The number of nitrogens with one attached hydrogen (secondary N) is 1. The van der Waals surface area contributed by atoms with E-state index < -0.39 is 17.8 Å². The summed E-state index contributed by atoms with van der Waals surface area (Å²) in [5, 5.41) is 12.7. The summed E-state index contributed by atoms with van der Waals surface area (Å²) in [5.41, 5.74) is 0.630. The highest BCUT2D eigenvalue weighted by atomic mass is 32.1. The van der Waals surface area contributed by atoms with Gasteiger partial charge < -0.3 is 15.2 Å². The summed E-state index contributed by atoms with van der Waals surface area (Å²) in [4.78, 5) is 28.8. The van der Waals surface area contributed by atoms with Crippen LogP contribution in [0.1, 0.15) is 6.42 Å². The number of terminal acetylenes is 1. The Hall–Kier alpha value is -2.85. The van der Waals surface area contributed by atoms with Crippen molar-refractivity contribution in [2.24, 2.45) is 23.7 Å². The molecule has 1 heterocycles. The molecule has 0 saturated heterocycles. The number of nitrogens with zero attached hydrogens (tertiary/aromatic N) is 1. The number of hydrogen-bond acceptors (Lipinski definition) is 5. The number of aromatic nitrogens is 1. The second-order valence-electron chi connectivity index (χ2n) is 6.44. The molecule has 0 radical (unpaired) electrons. The number of carbonyl (C=O) groups is 2. The monoisotopic (exact) mass is 368 g/mol. The third-order valence-corrected chi connectivity index (χ3v) is 5.91. The van der Waals surface area contributed by atoms with Gasteiger partial charge in [-0.05, 0) is 30.4 Å². The van der Waals surface area contributed by atoms with Crippen molar-refractivity contribution in [3.05, 3.63) is 30.4 Å². The van der Waals surface area contributed by atoms with Gasteiger partial charge in [0.2, 0.25) is 5.91 Å². The number of amides is 1. The van der Waals surface area contributed by atoms with Gasteiger partial charge >= 0.3 is 5.97 Å². The van der Waals surface area contributed by atoms with Crippen LogP contribution in [0.2, 0.25) is 0 Å². The van der Waals surface area contributed by atoms with E-state index in [9.17, 15) is 14.7 Å². The van der Waals surface area contributed by atoms with Crippen molar-refractivity contribution in [3.63, 3.8) is 0 Å². The molecule has 0 spiro atoms. The second-order valence-corrected chi connectivity index (χ2v) is 7.47. The minimum atomic E-state index is -0.920. The van der Waals surface area contributed by atoms with Crippen LogP contribution in [0.25, 0.3) is 10.2 Å². The number of anilines is 1. The minimum absolute atomic E-state index is 0.0231. The maximum Gasteiger partial charge on any atom is 0.307 e. The number of carboxylic acids is 1. The lowest BCUT2D eigenvalue weighted by atomic mass is 9.82. The van der Waals surface area contributed by atoms with Gasteiger partial charge in [-0.2, -0.15) is 0 Å². The summed E-state index contributed by atoms with van der Waals surface area (Å²) >= 11 is 1.32. The summed E-state index contributed by atoms with van der Waals surface area (Å²) in [6.45, 7) is 0.135. The Labute approximate surface area is 153 Å². The number of benzene rings is 1. The number of ether oxygens (including phenoxy) is 1. The molecule has 4 unspecified atom stereocenters. The highest BCUT2D eigenvalue weighted by Gasteiger charge is 2.51. The quantitative estimate of drug-likeness (QED) is 0.626. The summed E-state index contributed by atoms with van der Waals surface area (Å²) in [7, 11) is 0. The minimum Gasteiger partial charge on any atom is -0.481 e. The molecule has 4 atom stereocenters. The average Bonchev–Trinajstić information content (AvgIpc) is 3.32. The van der Waals surface area contributed by atoms with Crippen LogP contribution in [-0.2, 0) is 9.59 Å². The molecule has 6 nitrogen and oxygen atoms in total. The second kappa shape index (κ2) is 6.46. The number of hydrogen-bond donors (Lipinski definition) is 2. The SMILES string of the molecule is C#CCOc1cccc2sc(NC(=O)C3C4C=CC(C4)C3C(=O)O)nc12. The standard InChI is InChI=1S/C19H16N2O4S/c1-2-8-25-12-4-3-5-13-16(12)20-19(26-13)21-17(22)14-10-6-7-11(9-10)15(14)18(23)24/h1,3-7,10-11,14-15H,8-9H2,(H,23,24)(H,20,21,22). The Morgan fingerprint density at radius 3 is 2.85 bits per heavy atom. The first-order valence-corrected chi connectivity index (χ1v) is 9.08. The van der Waals surface area contributed by atoms with E-state index in [0.29, 0.717) is 16.4 Å². The maximum absolute atomic E-state index is 12.8. The molecule has 2 bridgehead atoms. The molecule has 1 amide bonds. The molecule has 1 fully saturated rings. The van der Waals surface area contributed by atoms with Gasteiger partial charge in [-0.25, -0.2) is 4.98 Å². The third-order valence-electron chi connectivity index (χ3n) is 4.97. The van der Waals surface area contributed by atoms with Gasteiger partial charge in [0.1, 0.15) is 17.9 Å². The van der Waals surface area contributed by atoms with E-state index in [1.165, 1.54) is 11.3 Å². The van der Waals surface area contributed by atoms with Gasteiger partial charge in [0.25, 0.3) is 0 Å². The first-order valence-electron chi connectivity index (χ1n) is 8.26. The molecule has 2 aliphatic carbocycles. The predicted octanol–water partition coefficient (Wildman–Crippen LogP) is 2.77. The van der Waals surface area contributed by atoms with Gasteiger partial charge in [-0.1, -0.05) is 35.5 Å². The Balaban J connectivity index is 1.57. The highest BCUT2D eigenvalue weighted by molar-refractivity contribution is 7.22. The first-order chi connectivity index (χ1) is 12.6. The zero-order chi connectivity index (χ0) is 18.3. The molecular weight excluding hydrogens is 352 g/mol. The summed E-state index contributed by atoms with van der Waals surface area (Å²) in [6, 6.07) is 5.48. The fraction of sp³-hybridized carbons (Fsp3) is 0.316. The van der Waals surface area contributed by atoms with Gasteiger partial charge in [0.05, 0.1) is 16.5 Å². The largest absolute Gasteiger partial charge is 0.481 e. The van der Waals surface area contributed by atoms with Crippen LogP contribution in [0, 0.1) is 36.0 Å². The van der Waals surface area contributed by atoms with Crippen LogP contribution in [0.5, 0.6) is 5.75 Å². The lowest BCUT2D eigenvalue weighted by molar-refractivity contribution is -0.146. The molecule has 2 N–H and O–H groups in total. The molecular formula is C19H16N2O4S. The van der Waals surface area contributed by atoms with Crippen LogP contribution in [0.4, 0.5) is 5.13 Å². The smallest absolute Gasteiger partial charge is 0.307 e. The Morgan fingerprint density at radius 1 is 1.35 bits per heavy atom. The van der Waals surface area contributed by atoms with E-state index >= 15 is 0 Å². The average molecular weight is 368 g/mol. The molecule has 1 saturated carbocycles. The molecule has 26 heavy (non-hydrogen) atoms. The lowest BCUT2D eigenvalue weighted by Crippen LogP contribution is -2.36. The summed E-state index contributed by atoms with van der Waals surface area (Å²) < 4.78 is 6.34. The van der Waals surface area contributed by atoms with E-state index in [1.54, 1.807) is 6.07 Å². The van der Waals surface area contributed by atoms with Crippen molar-refractivity contribution >= 4 is 38.6 Å². The number of carboxylic acid groups (broad SMARTS) is 1. The lowest BCUT2D eigenvalue weighted by Gasteiger charge is -2.23. The topological polar surface area (TPSA) is 88.5 Å². The third kappa shape index (κ3) is 2.72. The van der Waals surface area contributed by atoms with Crippen LogP contribution in [0.15, 0.2) is 30.4 Å². The van der Waals surface area contributed by atoms with Gasteiger partial charge in [-0.15, -0.1) is 6.42 Å². The fourth-order valence-electron chi connectivity index (χ4n) is 3.92. The van der Waals surface area contributed by atoms with E-state index in [2.05, 4.69) is 16.2 Å². The van der Waals surface area contributed by atoms with Crippen molar-refractivity contribution in [2.45, 2.75) is 6.42 Å². The molecule has 1 aromatic heterocycles. The van der Waals surface area contributed by atoms with Crippen LogP contribution >= 0.6 is 11.3 Å². The van der Waals surface area contributed by atoms with E-state index in [4.69, 9.17) is 11.2 Å². The zero-order valence-electron chi connectivity index (χ0n) is 13.7. The Morgan fingerprint density at radius 2 is 2.12 bits per heavy atom. The molecule has 2 aromatic rings. The molecule has 4 rings (SSSR count). The summed E-state index contributed by atoms with van der Waals surface area (Å²) in [5.74, 6) is 0.435. The zero-order valence-corrected chi connectivity index (χ0v) is 14.5. The molecule has 0 aliphatic heterocycles. The number of fused-ring (bicyclic) bond motifs is 3. The van der Waals surface area contributed by atoms with Crippen molar-refractivity contribution < 1.29 is 19.4 Å². The van der Waals surface area contributed by atoms with Gasteiger partial charge in [0, 0.05) is 0 Å². The number of rotatable bonds is 5. The van der Waals surface area contributed by atoms with E-state index in [-0.39, 0.29) is 24.3 Å². The van der Waals surface area contributed by atoms with Gasteiger partial charge in [0.15, 0.2) is 5.13 Å². The van der Waals surface area contributed by atoms with Gasteiger partial charge in [-0.3, -0.25) is 9.59 Å². The fourth-order valence-corrected chi connectivity index (χ4v) is 4.80. The normalized spacial score (nSPS) is 26.0. The molecule has 132 valence electrons. The maximum atomic E-state index is 12.8. The molecule has 1 aromatic carbocycles. The summed E-state index contributed by atoms with van der Waals surface area (Å²) in [6.07, 6.45) is 9.82. The number of para-hydroxylation sites is 1. The van der Waals surface area contributed by atoms with Crippen LogP contribution in [-0.4, -0.2) is 28.6 Å². The van der Waals surface area contributed by atoms with Crippen LogP contribution < -0.4 is 10.1 Å². The van der Waals surface area contributed by atoms with E-state index in [0.717, 1.165) is 11.1 Å². The molecule has 7 heteroatoms. The van der Waals surface area contributed by atoms with E-state index in [1.807, 2.05) is 24.3 Å². The van der Waals surface area contributed by atoms with Crippen molar-refractivity contribution in [3.8, 4) is 18.1 Å². The Kier molecular flexibility index (Phi) is 4.13. The van der Waals surface area contributed by atoms with Crippen molar-refractivity contribution in [2.75, 3.05) is 11.9 Å². The number of allylic oxidation sites excluding steroid dienone is 2. The number of aliphatic carboxylic acids is 1. The van der Waals surface area contributed by atoms with Crippen molar-refractivity contribution in [1.82, 2.24) is 4.98 Å². The predicted molar refractivity (Wildman–Crippen MR) is 97.9 cm³/mol. The molecule has 2 aliphatic rings. The van der Waals surface area contributed by atoms with Crippen LogP contribution in [0.3, 0.4) is 0 Å².